The molecule has 0 saturated carbocycles. The Kier molecular flexibility index (Phi) is 2.91. The van der Waals surface area contributed by atoms with Gasteiger partial charge in [0.25, 0.3) is 0 Å². The summed E-state index contributed by atoms with van der Waals surface area (Å²) in [6.45, 7) is 1.91. The van der Waals surface area contributed by atoms with Crippen LogP contribution in [0.5, 0.6) is 0 Å². The third-order valence-electron chi connectivity index (χ3n) is 3.24. The van der Waals surface area contributed by atoms with E-state index in [0.29, 0.717) is 16.6 Å². The van der Waals surface area contributed by atoms with Crippen molar-refractivity contribution < 1.29 is 9.90 Å². The van der Waals surface area contributed by atoms with E-state index in [4.69, 9.17) is 0 Å². The minimum absolute atomic E-state index is 0.158. The van der Waals surface area contributed by atoms with Gasteiger partial charge in [-0.1, -0.05) is 18.2 Å². The summed E-state index contributed by atoms with van der Waals surface area (Å²) in [5.41, 5.74) is 3.20. The Balaban J connectivity index is 2.36. The van der Waals surface area contributed by atoms with Crippen molar-refractivity contribution in [1.29, 1.82) is 0 Å². The Morgan fingerprint density at radius 2 is 1.90 bits per heavy atom. The van der Waals surface area contributed by atoms with Gasteiger partial charge >= 0.3 is 0 Å². The molecular formula is C16H11N2O2-. The van der Waals surface area contributed by atoms with Crippen LogP contribution in [0.25, 0.3) is 22.2 Å². The predicted octanol–water partition coefficient (Wildman–Crippen LogP) is 1.97. The third kappa shape index (κ3) is 2.01. The first kappa shape index (κ1) is 12.3. The van der Waals surface area contributed by atoms with E-state index in [1.54, 1.807) is 36.7 Å². The third-order valence-corrected chi connectivity index (χ3v) is 3.24. The van der Waals surface area contributed by atoms with E-state index in [9.17, 15) is 9.90 Å². The van der Waals surface area contributed by atoms with Gasteiger partial charge in [0, 0.05) is 28.9 Å². The molecule has 98 valence electrons. The highest BCUT2D eigenvalue weighted by Gasteiger charge is 2.09. The average molecular weight is 263 g/mol. The number of carbonyl (C=O) groups excluding carboxylic acids is 1. The molecular weight excluding hydrogens is 252 g/mol. The Morgan fingerprint density at radius 3 is 2.60 bits per heavy atom. The molecule has 0 spiro atoms. The maximum atomic E-state index is 11.4. The summed E-state index contributed by atoms with van der Waals surface area (Å²) in [5, 5.41) is 12.0. The number of nitrogens with zero attached hydrogens (tertiary/aromatic N) is 2. The Labute approximate surface area is 115 Å². The number of aromatic nitrogens is 2. The van der Waals surface area contributed by atoms with Gasteiger partial charge in [0.05, 0.1) is 17.2 Å². The standard InChI is InChI=1S/C16H12N2O2/c1-10-3-2-4-12-13(16(19)20)9-14(18-15(10)12)11-5-7-17-8-6-11/h2-9H,1H3,(H,19,20)/p-1. The van der Waals surface area contributed by atoms with Gasteiger partial charge in [-0.2, -0.15) is 0 Å². The molecule has 20 heavy (non-hydrogen) atoms. The number of hydrogen-bond acceptors (Lipinski definition) is 4. The largest absolute Gasteiger partial charge is 0.545 e. The highest BCUT2D eigenvalue weighted by Crippen LogP contribution is 2.26. The van der Waals surface area contributed by atoms with Crippen LogP contribution in [0.3, 0.4) is 0 Å². The molecule has 0 aliphatic carbocycles. The van der Waals surface area contributed by atoms with Crippen molar-refractivity contribution in [3.8, 4) is 11.3 Å². The van der Waals surface area contributed by atoms with Gasteiger partial charge in [0.1, 0.15) is 0 Å². The second-order valence-electron chi connectivity index (χ2n) is 4.55. The summed E-state index contributed by atoms with van der Waals surface area (Å²) < 4.78 is 0. The van der Waals surface area contributed by atoms with E-state index in [-0.39, 0.29) is 5.56 Å². The SMILES string of the molecule is Cc1cccc2c(C(=O)[O-])cc(-c3ccncc3)nc12. The Bertz CT molecular complexity index is 798. The summed E-state index contributed by atoms with van der Waals surface area (Å²) in [7, 11) is 0. The molecule has 4 heteroatoms. The molecule has 0 saturated heterocycles. The van der Waals surface area contributed by atoms with Crippen molar-refractivity contribution in [2.45, 2.75) is 6.92 Å². The summed E-state index contributed by atoms with van der Waals surface area (Å²) in [6.07, 6.45) is 3.30. The van der Waals surface area contributed by atoms with Gasteiger partial charge in [-0.15, -0.1) is 0 Å². The van der Waals surface area contributed by atoms with Crippen LogP contribution >= 0.6 is 0 Å². The Hall–Kier alpha value is -2.75. The quantitative estimate of drug-likeness (QED) is 0.709. The molecule has 4 nitrogen and oxygen atoms in total. The van der Waals surface area contributed by atoms with Crippen LogP contribution < -0.4 is 5.11 Å². The molecule has 0 unspecified atom stereocenters. The molecule has 0 aliphatic rings. The number of benzene rings is 1. The highest BCUT2D eigenvalue weighted by molar-refractivity contribution is 6.03. The number of carbonyl (C=O) groups is 1. The van der Waals surface area contributed by atoms with Crippen LogP contribution in [0, 0.1) is 6.92 Å². The fraction of sp³-hybridized carbons (Fsp3) is 0.0625. The first-order valence-corrected chi connectivity index (χ1v) is 6.19. The van der Waals surface area contributed by atoms with E-state index in [2.05, 4.69) is 9.97 Å². The lowest BCUT2D eigenvalue weighted by atomic mass is 10.0. The number of aryl methyl sites for hydroxylation is 1. The zero-order chi connectivity index (χ0) is 14.1. The highest BCUT2D eigenvalue weighted by atomic mass is 16.4. The summed E-state index contributed by atoms with van der Waals surface area (Å²) >= 11 is 0. The summed E-state index contributed by atoms with van der Waals surface area (Å²) in [4.78, 5) is 19.9. The summed E-state index contributed by atoms with van der Waals surface area (Å²) in [5.74, 6) is -1.20. The van der Waals surface area contributed by atoms with E-state index >= 15 is 0 Å². The van der Waals surface area contributed by atoms with Crippen molar-refractivity contribution in [3.05, 3.63) is 59.9 Å². The fourth-order valence-electron chi connectivity index (χ4n) is 2.23. The smallest absolute Gasteiger partial charge is 0.0745 e. The molecule has 0 aliphatic heterocycles. The molecule has 0 amide bonds. The van der Waals surface area contributed by atoms with Gasteiger partial charge in [-0.3, -0.25) is 4.98 Å². The average Bonchev–Trinajstić information content (AvgIpc) is 2.47. The molecule has 2 heterocycles. The Morgan fingerprint density at radius 1 is 1.15 bits per heavy atom. The molecule has 0 atom stereocenters. The fourth-order valence-corrected chi connectivity index (χ4v) is 2.23. The maximum absolute atomic E-state index is 11.4. The lowest BCUT2D eigenvalue weighted by Gasteiger charge is -2.11. The number of para-hydroxylation sites is 1. The topological polar surface area (TPSA) is 65.9 Å². The normalized spacial score (nSPS) is 10.7. The molecule has 0 bridgehead atoms. The predicted molar refractivity (Wildman–Crippen MR) is 74.0 cm³/mol. The van der Waals surface area contributed by atoms with Gasteiger partial charge in [0.2, 0.25) is 0 Å². The van der Waals surface area contributed by atoms with Crippen molar-refractivity contribution >= 4 is 16.9 Å². The zero-order valence-corrected chi connectivity index (χ0v) is 10.8. The van der Waals surface area contributed by atoms with Crippen molar-refractivity contribution in [1.82, 2.24) is 9.97 Å². The molecule has 2 aromatic heterocycles. The van der Waals surface area contributed by atoms with Crippen molar-refractivity contribution in [2.24, 2.45) is 0 Å². The zero-order valence-electron chi connectivity index (χ0n) is 10.8. The van der Waals surface area contributed by atoms with E-state index in [0.717, 1.165) is 11.1 Å². The molecule has 0 N–H and O–H groups in total. The van der Waals surface area contributed by atoms with Crippen LogP contribution in [0.4, 0.5) is 0 Å². The maximum Gasteiger partial charge on any atom is 0.0745 e. The number of pyridine rings is 2. The van der Waals surface area contributed by atoms with Crippen LogP contribution in [0.2, 0.25) is 0 Å². The van der Waals surface area contributed by atoms with Gasteiger partial charge in [0.15, 0.2) is 0 Å². The van der Waals surface area contributed by atoms with Crippen LogP contribution in [0.1, 0.15) is 15.9 Å². The number of hydrogen-bond donors (Lipinski definition) is 0. The monoisotopic (exact) mass is 263 g/mol. The second kappa shape index (κ2) is 4.74. The second-order valence-corrected chi connectivity index (χ2v) is 4.55. The summed E-state index contributed by atoms with van der Waals surface area (Å²) in [6, 6.07) is 10.6. The number of fused-ring (bicyclic) bond motifs is 1. The van der Waals surface area contributed by atoms with Gasteiger partial charge in [-0.25, -0.2) is 4.98 Å². The lowest BCUT2D eigenvalue weighted by molar-refractivity contribution is -0.254. The van der Waals surface area contributed by atoms with E-state index < -0.39 is 5.97 Å². The van der Waals surface area contributed by atoms with Crippen molar-refractivity contribution in [3.63, 3.8) is 0 Å². The van der Waals surface area contributed by atoms with Crippen LogP contribution in [0.15, 0.2) is 48.8 Å². The molecule has 0 radical (unpaired) electrons. The van der Waals surface area contributed by atoms with Crippen LogP contribution in [-0.4, -0.2) is 15.9 Å². The van der Waals surface area contributed by atoms with Gasteiger partial charge < -0.3 is 9.90 Å². The molecule has 1 aromatic carbocycles. The first-order valence-electron chi connectivity index (χ1n) is 6.19. The number of rotatable bonds is 2. The lowest BCUT2D eigenvalue weighted by Crippen LogP contribution is -2.22. The van der Waals surface area contributed by atoms with E-state index in [1.165, 1.54) is 0 Å². The first-order chi connectivity index (χ1) is 9.66. The number of aromatic carboxylic acids is 1. The van der Waals surface area contributed by atoms with Crippen molar-refractivity contribution in [2.75, 3.05) is 0 Å². The molecule has 3 aromatic rings. The molecule has 0 fully saturated rings. The number of carboxylic acid groups (broad SMARTS) is 1. The minimum Gasteiger partial charge on any atom is -0.545 e. The van der Waals surface area contributed by atoms with E-state index in [1.807, 2.05) is 19.1 Å². The molecule has 3 rings (SSSR count). The number of carboxylic acids is 1. The van der Waals surface area contributed by atoms with Gasteiger partial charge in [-0.05, 0) is 30.7 Å². The van der Waals surface area contributed by atoms with Crippen LogP contribution in [-0.2, 0) is 0 Å². The minimum atomic E-state index is -1.20.